The van der Waals surface area contributed by atoms with Gasteiger partial charge >= 0.3 is 0 Å². The summed E-state index contributed by atoms with van der Waals surface area (Å²) in [7, 11) is 0. The van der Waals surface area contributed by atoms with E-state index in [1.165, 1.54) is 44.6 Å². The molecule has 2 aromatic carbocycles. The number of halogens is 2. The Kier molecular flexibility index (Phi) is 5.62. The summed E-state index contributed by atoms with van der Waals surface area (Å²) in [5.41, 5.74) is 3.26. The van der Waals surface area contributed by atoms with Crippen molar-refractivity contribution in [3.8, 4) is 11.3 Å². The third-order valence-corrected chi connectivity index (χ3v) is 8.23. The number of aromatic nitrogens is 2. The van der Waals surface area contributed by atoms with Crippen LogP contribution in [-0.2, 0) is 17.6 Å². The fourth-order valence-electron chi connectivity index (χ4n) is 7.28. The average Bonchev–Trinajstić information content (AvgIpc) is 2.82. The molecule has 0 unspecified atom stereocenters. The molecule has 1 aromatic heterocycles. The first-order valence-corrected chi connectivity index (χ1v) is 12.6. The zero-order valence-electron chi connectivity index (χ0n) is 19.6. The molecule has 4 nitrogen and oxygen atoms in total. The molecule has 0 atom stereocenters. The van der Waals surface area contributed by atoms with Crippen molar-refractivity contribution >= 4 is 11.7 Å². The van der Waals surface area contributed by atoms with Crippen LogP contribution in [0.5, 0.6) is 0 Å². The molecular formula is C29H29F2N3O. The van der Waals surface area contributed by atoms with E-state index >= 15 is 0 Å². The number of amides is 1. The summed E-state index contributed by atoms with van der Waals surface area (Å²) in [6, 6.07) is 13.5. The first-order chi connectivity index (χ1) is 16.9. The molecule has 4 aliphatic carbocycles. The van der Waals surface area contributed by atoms with Crippen LogP contribution in [0, 0.1) is 34.8 Å². The lowest BCUT2D eigenvalue weighted by molar-refractivity contribution is -0.115. The molecular weight excluding hydrogens is 444 g/mol. The van der Waals surface area contributed by atoms with Crippen LogP contribution in [0.4, 0.5) is 14.6 Å². The van der Waals surface area contributed by atoms with Crippen molar-refractivity contribution in [1.82, 2.24) is 9.97 Å². The normalized spacial score (nSPS) is 26.6. The van der Waals surface area contributed by atoms with Crippen molar-refractivity contribution in [1.29, 1.82) is 0 Å². The highest BCUT2D eigenvalue weighted by Crippen LogP contribution is 2.61. The molecule has 0 saturated heterocycles. The van der Waals surface area contributed by atoms with E-state index in [2.05, 4.69) is 10.3 Å². The van der Waals surface area contributed by atoms with Gasteiger partial charge in [0, 0.05) is 5.56 Å². The van der Waals surface area contributed by atoms with Gasteiger partial charge in [-0.1, -0.05) is 36.4 Å². The summed E-state index contributed by atoms with van der Waals surface area (Å²) in [5, 5.41) is 2.93. The molecule has 1 heterocycles. The van der Waals surface area contributed by atoms with E-state index in [9.17, 15) is 13.6 Å². The number of nitrogens with one attached hydrogen (secondary N) is 1. The lowest BCUT2D eigenvalue weighted by atomic mass is 9.48. The fraction of sp³-hybridized carbons (Fsp3) is 0.414. The van der Waals surface area contributed by atoms with Crippen molar-refractivity contribution in [3.05, 3.63) is 77.6 Å². The number of hydrogen-bond acceptors (Lipinski definition) is 3. The average molecular weight is 474 g/mol. The number of benzene rings is 2. The molecule has 4 aliphatic rings. The van der Waals surface area contributed by atoms with Crippen LogP contribution in [0.1, 0.15) is 49.8 Å². The second kappa shape index (κ2) is 8.81. The quantitative estimate of drug-likeness (QED) is 0.453. The first-order valence-electron chi connectivity index (χ1n) is 12.6. The van der Waals surface area contributed by atoms with Gasteiger partial charge in [-0.2, -0.15) is 0 Å². The molecule has 180 valence electrons. The van der Waals surface area contributed by atoms with E-state index in [1.807, 2.05) is 30.3 Å². The van der Waals surface area contributed by atoms with Gasteiger partial charge in [-0.15, -0.1) is 0 Å². The fourth-order valence-corrected chi connectivity index (χ4v) is 7.28. The standard InChI is InChI=1S/C29H29F2N3O/c30-23-7-6-18(11-24(23)31)12-27(35)34-28-25(33-26(17-32-28)22-4-2-1-3-5-22)16-29-13-19-8-20(14-29)10-21(9-19)15-29/h1-7,11,17,19-21H,8-10,12-16H2,(H,32,34,35). The predicted octanol–water partition coefficient (Wildman–Crippen LogP) is 6.36. The molecule has 4 bridgehead atoms. The lowest BCUT2D eigenvalue weighted by Crippen LogP contribution is -2.47. The van der Waals surface area contributed by atoms with Gasteiger partial charge in [0.1, 0.15) is 0 Å². The van der Waals surface area contributed by atoms with Gasteiger partial charge in [-0.05, 0) is 85.8 Å². The van der Waals surface area contributed by atoms with Crippen LogP contribution < -0.4 is 5.32 Å². The van der Waals surface area contributed by atoms with Gasteiger partial charge in [-0.25, -0.2) is 18.7 Å². The highest BCUT2D eigenvalue weighted by atomic mass is 19.2. The third-order valence-electron chi connectivity index (χ3n) is 8.23. The number of carbonyl (C=O) groups excluding carboxylic acids is 1. The molecule has 35 heavy (non-hydrogen) atoms. The highest BCUT2D eigenvalue weighted by molar-refractivity contribution is 5.92. The molecule has 0 aliphatic heterocycles. The maximum Gasteiger partial charge on any atom is 0.229 e. The van der Waals surface area contributed by atoms with Gasteiger partial charge in [0.05, 0.1) is 24.0 Å². The summed E-state index contributed by atoms with van der Waals surface area (Å²) in [5.74, 6) is 0.741. The topological polar surface area (TPSA) is 54.9 Å². The van der Waals surface area contributed by atoms with Crippen LogP contribution in [-0.4, -0.2) is 15.9 Å². The number of anilines is 1. The minimum Gasteiger partial charge on any atom is -0.309 e. The monoisotopic (exact) mass is 473 g/mol. The summed E-state index contributed by atoms with van der Waals surface area (Å²) in [4.78, 5) is 22.5. The summed E-state index contributed by atoms with van der Waals surface area (Å²) in [6.45, 7) is 0. The van der Waals surface area contributed by atoms with Crippen LogP contribution in [0.25, 0.3) is 11.3 Å². The van der Waals surface area contributed by atoms with Gasteiger partial charge in [0.25, 0.3) is 0 Å². The molecule has 3 aromatic rings. The Morgan fingerprint density at radius 3 is 2.29 bits per heavy atom. The SMILES string of the molecule is O=C(Cc1ccc(F)c(F)c1)Nc1ncc(-c2ccccc2)nc1CC12CC3CC(CC(C3)C1)C2. The van der Waals surface area contributed by atoms with E-state index in [1.54, 1.807) is 6.20 Å². The van der Waals surface area contributed by atoms with E-state index in [0.717, 1.165) is 53.3 Å². The number of hydrogen-bond donors (Lipinski definition) is 1. The van der Waals surface area contributed by atoms with Crippen molar-refractivity contribution in [2.24, 2.45) is 23.2 Å². The molecule has 6 heteroatoms. The summed E-state index contributed by atoms with van der Waals surface area (Å²) < 4.78 is 26.9. The molecule has 4 saturated carbocycles. The number of rotatable bonds is 6. The van der Waals surface area contributed by atoms with E-state index in [-0.39, 0.29) is 17.7 Å². The van der Waals surface area contributed by atoms with Crippen LogP contribution in [0.3, 0.4) is 0 Å². The number of carbonyl (C=O) groups is 1. The molecule has 7 rings (SSSR count). The Bertz CT molecular complexity index is 1220. The smallest absolute Gasteiger partial charge is 0.229 e. The third kappa shape index (κ3) is 4.58. The van der Waals surface area contributed by atoms with Gasteiger partial charge in [0.15, 0.2) is 17.5 Å². The van der Waals surface area contributed by atoms with Crippen LogP contribution in [0.2, 0.25) is 0 Å². The maximum absolute atomic E-state index is 13.6. The zero-order valence-corrected chi connectivity index (χ0v) is 19.6. The van der Waals surface area contributed by atoms with E-state index in [0.29, 0.717) is 11.4 Å². The Morgan fingerprint density at radius 1 is 0.943 bits per heavy atom. The minimum atomic E-state index is -0.954. The number of nitrogens with zero attached hydrogens (tertiary/aromatic N) is 2. The first kappa shape index (κ1) is 22.3. The van der Waals surface area contributed by atoms with Crippen molar-refractivity contribution in [3.63, 3.8) is 0 Å². The highest BCUT2D eigenvalue weighted by Gasteiger charge is 2.51. The molecule has 1 N–H and O–H groups in total. The summed E-state index contributed by atoms with van der Waals surface area (Å²) in [6.07, 6.45) is 10.3. The lowest BCUT2D eigenvalue weighted by Gasteiger charge is -2.57. The van der Waals surface area contributed by atoms with Gasteiger partial charge in [-0.3, -0.25) is 4.79 Å². The molecule has 0 spiro atoms. The Balaban J connectivity index is 1.29. The Labute approximate surface area is 204 Å². The maximum atomic E-state index is 13.6. The van der Waals surface area contributed by atoms with E-state index in [4.69, 9.17) is 4.98 Å². The van der Waals surface area contributed by atoms with Crippen LogP contribution in [0.15, 0.2) is 54.7 Å². The van der Waals surface area contributed by atoms with Crippen molar-refractivity contribution in [2.75, 3.05) is 5.32 Å². The summed E-state index contributed by atoms with van der Waals surface area (Å²) >= 11 is 0. The molecule has 4 fully saturated rings. The van der Waals surface area contributed by atoms with Crippen LogP contribution >= 0.6 is 0 Å². The largest absolute Gasteiger partial charge is 0.309 e. The van der Waals surface area contributed by atoms with Gasteiger partial charge < -0.3 is 5.32 Å². The Hall–Kier alpha value is -3.15. The van der Waals surface area contributed by atoms with Gasteiger partial charge in [0.2, 0.25) is 5.91 Å². The second-order valence-corrected chi connectivity index (χ2v) is 11.0. The van der Waals surface area contributed by atoms with Crippen molar-refractivity contribution < 1.29 is 13.6 Å². The molecule has 1 amide bonds. The van der Waals surface area contributed by atoms with E-state index < -0.39 is 11.6 Å². The zero-order chi connectivity index (χ0) is 24.0. The Morgan fingerprint density at radius 2 is 1.63 bits per heavy atom. The predicted molar refractivity (Wildman–Crippen MR) is 130 cm³/mol. The second-order valence-electron chi connectivity index (χ2n) is 11.0. The molecule has 0 radical (unpaired) electrons. The van der Waals surface area contributed by atoms with Crippen molar-refractivity contribution in [2.45, 2.75) is 51.4 Å². The minimum absolute atomic E-state index is 0.0594.